The zero-order valence-electron chi connectivity index (χ0n) is 14.7. The standard InChI is InChI=1S/C20H19N3OS2/c1-3-13(2)23-19(24)14-8-4-5-9-15(14)22-20(23)25-12-18-21-16-10-6-7-11-17(16)26-18/h4-11,13H,3,12H2,1-2H3/t13-/m0/s1. The van der Waals surface area contributed by atoms with E-state index in [0.29, 0.717) is 11.1 Å². The van der Waals surface area contributed by atoms with Gasteiger partial charge < -0.3 is 0 Å². The van der Waals surface area contributed by atoms with Gasteiger partial charge in [0, 0.05) is 6.04 Å². The molecule has 0 spiro atoms. The molecule has 4 aromatic rings. The Morgan fingerprint density at radius 2 is 1.81 bits per heavy atom. The third kappa shape index (κ3) is 3.15. The highest BCUT2D eigenvalue weighted by Gasteiger charge is 2.16. The summed E-state index contributed by atoms with van der Waals surface area (Å²) in [7, 11) is 0. The van der Waals surface area contributed by atoms with Gasteiger partial charge in [0.15, 0.2) is 5.16 Å². The molecule has 6 heteroatoms. The van der Waals surface area contributed by atoms with Crippen LogP contribution < -0.4 is 5.56 Å². The van der Waals surface area contributed by atoms with Crippen LogP contribution in [0.25, 0.3) is 21.1 Å². The van der Waals surface area contributed by atoms with Crippen LogP contribution in [0.4, 0.5) is 0 Å². The number of rotatable bonds is 5. The molecule has 2 heterocycles. The summed E-state index contributed by atoms with van der Waals surface area (Å²) in [4.78, 5) is 22.5. The Balaban J connectivity index is 1.73. The molecule has 0 amide bonds. The Bertz CT molecular complexity index is 1100. The van der Waals surface area contributed by atoms with Crippen molar-refractivity contribution in [2.75, 3.05) is 0 Å². The van der Waals surface area contributed by atoms with E-state index >= 15 is 0 Å². The molecule has 0 aliphatic carbocycles. The van der Waals surface area contributed by atoms with Gasteiger partial charge in [0.2, 0.25) is 0 Å². The number of hydrogen-bond donors (Lipinski definition) is 0. The molecule has 4 rings (SSSR count). The second-order valence-corrected chi connectivity index (χ2v) is 8.27. The number of fused-ring (bicyclic) bond motifs is 2. The molecule has 0 N–H and O–H groups in total. The molecule has 0 radical (unpaired) electrons. The predicted octanol–water partition coefficient (Wildman–Crippen LogP) is 5.27. The molecular formula is C20H19N3OS2. The van der Waals surface area contributed by atoms with Crippen LogP contribution in [-0.2, 0) is 5.75 Å². The highest BCUT2D eigenvalue weighted by Crippen LogP contribution is 2.29. The highest BCUT2D eigenvalue weighted by atomic mass is 32.2. The van der Waals surface area contributed by atoms with E-state index in [4.69, 9.17) is 4.98 Å². The Morgan fingerprint density at radius 1 is 1.08 bits per heavy atom. The lowest BCUT2D eigenvalue weighted by Gasteiger charge is -2.17. The molecule has 0 saturated heterocycles. The van der Waals surface area contributed by atoms with Gasteiger partial charge >= 0.3 is 0 Å². The summed E-state index contributed by atoms with van der Waals surface area (Å²) in [5, 5.41) is 2.49. The van der Waals surface area contributed by atoms with Crippen LogP contribution in [0.5, 0.6) is 0 Å². The second-order valence-electron chi connectivity index (χ2n) is 6.21. The van der Waals surface area contributed by atoms with E-state index in [-0.39, 0.29) is 11.6 Å². The van der Waals surface area contributed by atoms with E-state index in [1.54, 1.807) is 23.1 Å². The summed E-state index contributed by atoms with van der Waals surface area (Å²) in [6.07, 6.45) is 0.884. The van der Waals surface area contributed by atoms with Gasteiger partial charge in [-0.3, -0.25) is 9.36 Å². The highest BCUT2D eigenvalue weighted by molar-refractivity contribution is 7.98. The van der Waals surface area contributed by atoms with E-state index < -0.39 is 0 Å². The third-order valence-corrected chi connectivity index (χ3v) is 6.65. The van der Waals surface area contributed by atoms with Crippen LogP contribution in [0, 0.1) is 0 Å². The maximum absolute atomic E-state index is 13.0. The Kier molecular flexibility index (Phi) is 4.78. The molecule has 0 unspecified atom stereocenters. The van der Waals surface area contributed by atoms with Gasteiger partial charge in [-0.05, 0) is 37.6 Å². The van der Waals surface area contributed by atoms with Gasteiger partial charge in [-0.15, -0.1) is 11.3 Å². The first-order valence-electron chi connectivity index (χ1n) is 8.66. The fourth-order valence-electron chi connectivity index (χ4n) is 2.91. The molecule has 2 aromatic carbocycles. The smallest absolute Gasteiger partial charge is 0.262 e. The van der Waals surface area contributed by atoms with Gasteiger partial charge in [-0.2, -0.15) is 0 Å². The summed E-state index contributed by atoms with van der Waals surface area (Å²) in [6.45, 7) is 4.16. The summed E-state index contributed by atoms with van der Waals surface area (Å²) >= 11 is 3.29. The first-order chi connectivity index (χ1) is 12.7. The van der Waals surface area contributed by atoms with Crippen molar-refractivity contribution in [2.45, 2.75) is 37.2 Å². The molecule has 0 aliphatic heterocycles. The zero-order valence-corrected chi connectivity index (χ0v) is 16.3. The molecule has 1 atom stereocenters. The second kappa shape index (κ2) is 7.21. The lowest BCUT2D eigenvalue weighted by molar-refractivity contribution is 0.468. The van der Waals surface area contributed by atoms with Crippen molar-refractivity contribution in [3.05, 3.63) is 63.9 Å². The SMILES string of the molecule is CC[C@H](C)n1c(SCc2nc3ccccc3s2)nc2ccccc2c1=O. The van der Waals surface area contributed by atoms with Crippen molar-refractivity contribution in [1.29, 1.82) is 0 Å². The minimum absolute atomic E-state index is 0.0387. The fraction of sp³-hybridized carbons (Fsp3) is 0.250. The number of aromatic nitrogens is 3. The van der Waals surface area contributed by atoms with Crippen molar-refractivity contribution in [2.24, 2.45) is 0 Å². The molecule has 4 nitrogen and oxygen atoms in total. The number of nitrogens with zero attached hydrogens (tertiary/aromatic N) is 3. The third-order valence-electron chi connectivity index (χ3n) is 4.47. The Hall–Kier alpha value is -2.18. The fourth-order valence-corrected chi connectivity index (χ4v) is 4.96. The van der Waals surface area contributed by atoms with Gasteiger partial charge in [0.05, 0.1) is 26.9 Å². The summed E-state index contributed by atoms with van der Waals surface area (Å²) in [5.74, 6) is 0.709. The predicted molar refractivity (Wildman–Crippen MR) is 110 cm³/mol. The molecule has 132 valence electrons. The van der Waals surface area contributed by atoms with E-state index in [1.807, 2.05) is 47.0 Å². The number of hydrogen-bond acceptors (Lipinski definition) is 5. The van der Waals surface area contributed by atoms with Crippen molar-refractivity contribution >= 4 is 44.2 Å². The quantitative estimate of drug-likeness (QED) is 0.349. The monoisotopic (exact) mass is 381 g/mol. The van der Waals surface area contributed by atoms with Crippen LogP contribution in [-0.4, -0.2) is 14.5 Å². The molecule has 2 aromatic heterocycles. The minimum Gasteiger partial charge on any atom is -0.284 e. The van der Waals surface area contributed by atoms with Gasteiger partial charge in [0.25, 0.3) is 5.56 Å². The summed E-state index contributed by atoms with van der Waals surface area (Å²) in [6, 6.07) is 15.8. The Morgan fingerprint density at radius 3 is 2.58 bits per heavy atom. The average Bonchev–Trinajstić information content (AvgIpc) is 3.09. The van der Waals surface area contributed by atoms with Gasteiger partial charge in [0.1, 0.15) is 5.01 Å². The van der Waals surface area contributed by atoms with Crippen LogP contribution in [0.2, 0.25) is 0 Å². The average molecular weight is 382 g/mol. The molecular weight excluding hydrogens is 362 g/mol. The van der Waals surface area contributed by atoms with Gasteiger partial charge in [-0.1, -0.05) is 43.0 Å². The van der Waals surface area contributed by atoms with Crippen molar-refractivity contribution in [1.82, 2.24) is 14.5 Å². The molecule has 26 heavy (non-hydrogen) atoms. The number of para-hydroxylation sites is 2. The van der Waals surface area contributed by atoms with Crippen LogP contribution in [0.15, 0.2) is 58.5 Å². The first-order valence-corrected chi connectivity index (χ1v) is 10.5. The molecule has 0 saturated carbocycles. The van der Waals surface area contributed by atoms with E-state index in [2.05, 4.69) is 24.9 Å². The molecule has 0 aliphatic rings. The largest absolute Gasteiger partial charge is 0.284 e. The zero-order chi connectivity index (χ0) is 18.1. The summed E-state index contributed by atoms with van der Waals surface area (Å²) < 4.78 is 3.02. The maximum atomic E-state index is 13.0. The topological polar surface area (TPSA) is 47.8 Å². The Labute approximate surface area is 159 Å². The first kappa shape index (κ1) is 17.2. The number of thiazole rings is 1. The molecule has 0 fully saturated rings. The van der Waals surface area contributed by atoms with E-state index in [1.165, 1.54) is 4.70 Å². The number of thioether (sulfide) groups is 1. The lowest BCUT2D eigenvalue weighted by atomic mass is 10.2. The number of benzene rings is 2. The van der Waals surface area contributed by atoms with Crippen LogP contribution >= 0.6 is 23.1 Å². The van der Waals surface area contributed by atoms with Crippen molar-refractivity contribution in [3.8, 4) is 0 Å². The van der Waals surface area contributed by atoms with E-state index in [0.717, 1.165) is 27.6 Å². The normalized spacial score (nSPS) is 12.7. The lowest BCUT2D eigenvalue weighted by Crippen LogP contribution is -2.26. The van der Waals surface area contributed by atoms with Crippen molar-refractivity contribution < 1.29 is 0 Å². The minimum atomic E-state index is 0.0387. The van der Waals surface area contributed by atoms with Crippen LogP contribution in [0.3, 0.4) is 0 Å². The maximum Gasteiger partial charge on any atom is 0.262 e. The van der Waals surface area contributed by atoms with Crippen molar-refractivity contribution in [3.63, 3.8) is 0 Å². The van der Waals surface area contributed by atoms with Crippen LogP contribution in [0.1, 0.15) is 31.3 Å². The van der Waals surface area contributed by atoms with E-state index in [9.17, 15) is 4.79 Å². The van der Waals surface area contributed by atoms with Gasteiger partial charge in [-0.25, -0.2) is 9.97 Å². The summed E-state index contributed by atoms with van der Waals surface area (Å²) in [5.41, 5.74) is 1.82. The molecule has 0 bridgehead atoms.